The molecule has 0 spiro atoms. The van der Waals surface area contributed by atoms with E-state index in [4.69, 9.17) is 9.47 Å². The Morgan fingerprint density at radius 1 is 1.04 bits per heavy atom. The fourth-order valence-corrected chi connectivity index (χ4v) is 2.12. The maximum atomic E-state index is 12.1. The summed E-state index contributed by atoms with van der Waals surface area (Å²) in [5, 5.41) is 2.75. The van der Waals surface area contributed by atoms with Gasteiger partial charge in [0, 0.05) is 6.54 Å². The van der Waals surface area contributed by atoms with Crippen molar-refractivity contribution in [2.75, 3.05) is 6.61 Å². The average Bonchev–Trinajstić information content (AvgIpc) is 2.65. The summed E-state index contributed by atoms with van der Waals surface area (Å²) in [6, 6.07) is 16.2. The Bertz CT molecular complexity index is 683. The number of hydrogen-bond acceptors (Lipinski definition) is 4. The van der Waals surface area contributed by atoms with E-state index in [0.29, 0.717) is 24.5 Å². The van der Waals surface area contributed by atoms with Crippen molar-refractivity contribution >= 4 is 11.9 Å². The highest BCUT2D eigenvalue weighted by molar-refractivity contribution is 5.92. The maximum absolute atomic E-state index is 12.1. The third-order valence-corrected chi connectivity index (χ3v) is 3.53. The van der Waals surface area contributed by atoms with E-state index < -0.39 is 12.1 Å². The van der Waals surface area contributed by atoms with E-state index in [1.54, 1.807) is 31.2 Å². The predicted octanol–water partition coefficient (Wildman–Crippen LogP) is 3.34. The molecule has 1 atom stereocenters. The molecule has 2 aromatic carbocycles. The summed E-state index contributed by atoms with van der Waals surface area (Å²) >= 11 is 0. The van der Waals surface area contributed by atoms with Gasteiger partial charge in [0.15, 0.2) is 6.10 Å². The Morgan fingerprint density at radius 2 is 1.72 bits per heavy atom. The molecule has 0 bridgehead atoms. The topological polar surface area (TPSA) is 64.6 Å². The van der Waals surface area contributed by atoms with E-state index in [-0.39, 0.29) is 5.91 Å². The van der Waals surface area contributed by atoms with Crippen LogP contribution in [-0.4, -0.2) is 24.6 Å². The van der Waals surface area contributed by atoms with E-state index in [2.05, 4.69) is 5.32 Å². The molecular weight excluding hydrogens is 318 g/mol. The summed E-state index contributed by atoms with van der Waals surface area (Å²) in [6.07, 6.45) is 0.0478. The Morgan fingerprint density at radius 3 is 2.36 bits per heavy atom. The van der Waals surface area contributed by atoms with E-state index in [1.807, 2.05) is 37.3 Å². The molecular formula is C20H23NO4. The van der Waals surface area contributed by atoms with Crippen molar-refractivity contribution in [2.45, 2.75) is 32.9 Å². The number of amides is 1. The van der Waals surface area contributed by atoms with E-state index in [0.717, 1.165) is 12.0 Å². The van der Waals surface area contributed by atoms with Gasteiger partial charge in [0.2, 0.25) is 0 Å². The number of carbonyl (C=O) groups is 2. The molecule has 0 saturated carbocycles. The van der Waals surface area contributed by atoms with Crippen molar-refractivity contribution in [3.63, 3.8) is 0 Å². The average molecular weight is 341 g/mol. The van der Waals surface area contributed by atoms with Crippen LogP contribution in [0.2, 0.25) is 0 Å². The molecule has 5 nitrogen and oxygen atoms in total. The third-order valence-electron chi connectivity index (χ3n) is 3.53. The molecule has 0 heterocycles. The molecule has 25 heavy (non-hydrogen) atoms. The lowest BCUT2D eigenvalue weighted by molar-refractivity contribution is -0.129. The van der Waals surface area contributed by atoms with Crippen molar-refractivity contribution in [2.24, 2.45) is 0 Å². The summed E-state index contributed by atoms with van der Waals surface area (Å²) in [5.41, 5.74) is 1.36. The molecule has 0 unspecified atom stereocenters. The first kappa shape index (κ1) is 18.5. The first-order chi connectivity index (χ1) is 12.1. The smallest absolute Gasteiger partial charge is 0.338 e. The fourth-order valence-electron chi connectivity index (χ4n) is 2.12. The quantitative estimate of drug-likeness (QED) is 0.748. The number of ether oxygens (including phenoxy) is 2. The van der Waals surface area contributed by atoms with Gasteiger partial charge in [-0.25, -0.2) is 4.79 Å². The van der Waals surface area contributed by atoms with E-state index in [9.17, 15) is 9.59 Å². The Kier molecular flexibility index (Phi) is 7.01. The number of benzene rings is 2. The van der Waals surface area contributed by atoms with Gasteiger partial charge in [0.05, 0.1) is 12.2 Å². The van der Waals surface area contributed by atoms with Crippen LogP contribution >= 0.6 is 0 Å². The summed E-state index contributed by atoms with van der Waals surface area (Å²) in [4.78, 5) is 24.2. The van der Waals surface area contributed by atoms with Gasteiger partial charge in [-0.3, -0.25) is 4.79 Å². The first-order valence-corrected chi connectivity index (χ1v) is 8.35. The van der Waals surface area contributed by atoms with Crippen molar-refractivity contribution in [3.8, 4) is 5.75 Å². The molecule has 0 saturated heterocycles. The summed E-state index contributed by atoms with van der Waals surface area (Å²) in [6.45, 7) is 4.60. The van der Waals surface area contributed by atoms with Crippen molar-refractivity contribution < 1.29 is 19.1 Å². The van der Waals surface area contributed by atoms with Crippen LogP contribution < -0.4 is 10.1 Å². The normalized spacial score (nSPS) is 11.4. The van der Waals surface area contributed by atoms with Crippen LogP contribution in [0.5, 0.6) is 5.75 Å². The molecule has 2 aromatic rings. The zero-order chi connectivity index (χ0) is 18.1. The van der Waals surface area contributed by atoms with Gasteiger partial charge < -0.3 is 14.8 Å². The summed E-state index contributed by atoms with van der Waals surface area (Å²) < 4.78 is 10.7. The van der Waals surface area contributed by atoms with Crippen LogP contribution in [-0.2, 0) is 16.1 Å². The zero-order valence-electron chi connectivity index (χ0n) is 14.5. The second-order valence-electron chi connectivity index (χ2n) is 5.62. The van der Waals surface area contributed by atoms with Gasteiger partial charge in [0.25, 0.3) is 5.91 Å². The third kappa shape index (κ3) is 5.95. The standard InChI is InChI=1S/C20H23NO4/c1-3-13-24-18-11-9-17(10-12-18)20(23)25-15(2)19(22)21-14-16-7-5-4-6-8-16/h4-12,15H,3,13-14H2,1-2H3,(H,21,22)/t15-/m0/s1. The first-order valence-electron chi connectivity index (χ1n) is 8.35. The highest BCUT2D eigenvalue weighted by atomic mass is 16.5. The lowest BCUT2D eigenvalue weighted by Crippen LogP contribution is -2.35. The minimum Gasteiger partial charge on any atom is -0.494 e. The molecule has 0 aliphatic rings. The van der Waals surface area contributed by atoms with Gasteiger partial charge in [0.1, 0.15) is 5.75 Å². The van der Waals surface area contributed by atoms with Crippen molar-refractivity contribution in [1.29, 1.82) is 0 Å². The molecule has 1 N–H and O–H groups in total. The second kappa shape index (κ2) is 9.47. The van der Waals surface area contributed by atoms with Gasteiger partial charge in [-0.2, -0.15) is 0 Å². The fraction of sp³-hybridized carbons (Fsp3) is 0.300. The minimum absolute atomic E-state index is 0.333. The lowest BCUT2D eigenvalue weighted by Gasteiger charge is -2.14. The number of esters is 1. The van der Waals surface area contributed by atoms with Crippen LogP contribution in [0.1, 0.15) is 36.2 Å². The number of hydrogen-bond donors (Lipinski definition) is 1. The molecule has 1 amide bonds. The van der Waals surface area contributed by atoms with Gasteiger partial charge in [-0.05, 0) is 43.2 Å². The summed E-state index contributed by atoms with van der Waals surface area (Å²) in [5.74, 6) is -0.170. The molecule has 0 fully saturated rings. The molecule has 5 heteroatoms. The SMILES string of the molecule is CCCOc1ccc(C(=O)O[C@@H](C)C(=O)NCc2ccccc2)cc1. The van der Waals surface area contributed by atoms with Crippen LogP contribution in [0.15, 0.2) is 54.6 Å². The zero-order valence-corrected chi connectivity index (χ0v) is 14.5. The second-order valence-corrected chi connectivity index (χ2v) is 5.62. The van der Waals surface area contributed by atoms with Crippen LogP contribution in [0.3, 0.4) is 0 Å². The Balaban J connectivity index is 1.83. The number of carbonyl (C=O) groups excluding carboxylic acids is 2. The molecule has 0 aliphatic heterocycles. The van der Waals surface area contributed by atoms with Crippen LogP contribution in [0.4, 0.5) is 0 Å². The lowest BCUT2D eigenvalue weighted by atomic mass is 10.2. The monoisotopic (exact) mass is 341 g/mol. The molecule has 0 aliphatic carbocycles. The largest absolute Gasteiger partial charge is 0.494 e. The van der Waals surface area contributed by atoms with Gasteiger partial charge >= 0.3 is 5.97 Å². The predicted molar refractivity (Wildman–Crippen MR) is 95.4 cm³/mol. The minimum atomic E-state index is -0.868. The van der Waals surface area contributed by atoms with Crippen molar-refractivity contribution in [3.05, 3.63) is 65.7 Å². The molecule has 132 valence electrons. The van der Waals surface area contributed by atoms with Crippen molar-refractivity contribution in [1.82, 2.24) is 5.32 Å². The van der Waals surface area contributed by atoms with Gasteiger partial charge in [-0.1, -0.05) is 37.3 Å². The highest BCUT2D eigenvalue weighted by Gasteiger charge is 2.18. The van der Waals surface area contributed by atoms with Gasteiger partial charge in [-0.15, -0.1) is 0 Å². The number of nitrogens with one attached hydrogen (secondary N) is 1. The molecule has 0 aromatic heterocycles. The van der Waals surface area contributed by atoms with Crippen LogP contribution in [0.25, 0.3) is 0 Å². The van der Waals surface area contributed by atoms with Crippen LogP contribution in [0, 0.1) is 0 Å². The van der Waals surface area contributed by atoms with E-state index >= 15 is 0 Å². The Hall–Kier alpha value is -2.82. The highest BCUT2D eigenvalue weighted by Crippen LogP contribution is 2.14. The number of rotatable bonds is 8. The maximum Gasteiger partial charge on any atom is 0.338 e. The molecule has 2 rings (SSSR count). The Labute approximate surface area is 148 Å². The molecule has 0 radical (unpaired) electrons. The summed E-state index contributed by atoms with van der Waals surface area (Å²) in [7, 11) is 0. The van der Waals surface area contributed by atoms with E-state index in [1.165, 1.54) is 0 Å².